The van der Waals surface area contributed by atoms with Gasteiger partial charge in [-0.3, -0.25) is 4.79 Å². The van der Waals surface area contributed by atoms with Crippen LogP contribution in [0.5, 0.6) is 17.2 Å². The minimum Gasteiger partial charge on any atom is -0.497 e. The fourth-order valence-corrected chi connectivity index (χ4v) is 4.76. The van der Waals surface area contributed by atoms with E-state index in [0.717, 1.165) is 0 Å². The number of carbonyl (C=O) groups is 3. The number of methoxy groups -OCH3 is 2. The lowest BCUT2D eigenvalue weighted by Gasteiger charge is -2.38. The van der Waals surface area contributed by atoms with Crippen LogP contribution in [0.3, 0.4) is 0 Å². The number of hydrogen-bond donors (Lipinski definition) is 4. The van der Waals surface area contributed by atoms with Gasteiger partial charge in [0.2, 0.25) is 0 Å². The van der Waals surface area contributed by atoms with Crippen LogP contribution in [0.2, 0.25) is 0 Å². The molecule has 0 bridgehead atoms. The molecule has 3 aromatic carbocycles. The molecular formula is C32H39N5O7. The number of carbonyl (C=O) groups excluding carboxylic acids is 3. The normalized spacial score (nSPS) is 16.8. The van der Waals surface area contributed by atoms with Crippen LogP contribution < -0.4 is 30.2 Å². The topological polar surface area (TPSA) is 142 Å². The third-order valence-electron chi connectivity index (χ3n) is 7.43. The highest BCUT2D eigenvalue weighted by molar-refractivity contribution is 6.04. The average Bonchev–Trinajstić information content (AvgIpc) is 3.03. The second-order valence-electron chi connectivity index (χ2n) is 10.7. The van der Waals surface area contributed by atoms with Crippen LogP contribution in [-0.2, 0) is 0 Å². The van der Waals surface area contributed by atoms with Crippen molar-refractivity contribution in [2.45, 2.75) is 26.0 Å². The summed E-state index contributed by atoms with van der Waals surface area (Å²) in [5, 5.41) is 18.4. The molecule has 3 aromatic rings. The molecule has 0 unspecified atom stereocenters. The summed E-state index contributed by atoms with van der Waals surface area (Å²) in [5.41, 5.74) is 1.65. The molecule has 1 aliphatic heterocycles. The Bertz CT molecular complexity index is 1450. The van der Waals surface area contributed by atoms with Gasteiger partial charge >= 0.3 is 12.1 Å². The molecule has 0 aliphatic carbocycles. The number of benzene rings is 3. The first kappa shape index (κ1) is 32.0. The summed E-state index contributed by atoms with van der Waals surface area (Å²) in [5.74, 6) is 0.912. The monoisotopic (exact) mass is 605 g/mol. The average molecular weight is 606 g/mol. The van der Waals surface area contributed by atoms with Crippen LogP contribution in [-0.4, -0.2) is 86.0 Å². The van der Waals surface area contributed by atoms with Crippen LogP contribution in [0.25, 0.3) is 0 Å². The smallest absolute Gasteiger partial charge is 0.323 e. The zero-order chi connectivity index (χ0) is 31.8. The van der Waals surface area contributed by atoms with E-state index in [0.29, 0.717) is 22.9 Å². The molecule has 3 atom stereocenters. The van der Waals surface area contributed by atoms with Crippen molar-refractivity contribution in [3.8, 4) is 17.2 Å². The van der Waals surface area contributed by atoms with Crippen LogP contribution >= 0.6 is 0 Å². The Kier molecular flexibility index (Phi) is 10.5. The number of likely N-dealkylation sites (N-methyl/N-ethyl adjacent to an activating group) is 1. The van der Waals surface area contributed by atoms with Crippen molar-refractivity contribution in [1.82, 2.24) is 9.80 Å². The van der Waals surface area contributed by atoms with Gasteiger partial charge < -0.3 is 45.1 Å². The van der Waals surface area contributed by atoms with Crippen LogP contribution in [0.1, 0.15) is 24.2 Å². The molecule has 4 rings (SSSR count). The minimum atomic E-state index is -0.575. The zero-order valence-corrected chi connectivity index (χ0v) is 25.5. The summed E-state index contributed by atoms with van der Waals surface area (Å²) in [6.45, 7) is 3.91. The van der Waals surface area contributed by atoms with E-state index in [2.05, 4.69) is 16.0 Å². The second-order valence-corrected chi connectivity index (χ2v) is 10.7. The zero-order valence-electron chi connectivity index (χ0n) is 25.5. The van der Waals surface area contributed by atoms with E-state index in [1.165, 1.54) is 4.90 Å². The molecule has 1 aliphatic rings. The van der Waals surface area contributed by atoms with E-state index in [9.17, 15) is 19.5 Å². The number of nitrogens with zero attached hydrogens (tertiary/aromatic N) is 2. The Balaban J connectivity index is 1.59. The minimum absolute atomic E-state index is 0.171. The molecule has 44 heavy (non-hydrogen) atoms. The SMILES string of the molecule is COc1ccc(NC(=O)Nc2cccc3c2O[C@@H](CN(C)C(=O)Nc2ccc(OC)cc2)[C@@H](C)CN([C@@H](C)CO)C3=O)cc1. The predicted octanol–water partition coefficient (Wildman–Crippen LogP) is 4.73. The number of nitrogens with one attached hydrogen (secondary N) is 3. The van der Waals surface area contributed by atoms with Crippen LogP contribution in [0.15, 0.2) is 66.7 Å². The summed E-state index contributed by atoms with van der Waals surface area (Å²) < 4.78 is 16.8. The van der Waals surface area contributed by atoms with Crippen molar-refractivity contribution in [2.24, 2.45) is 5.92 Å². The lowest BCUT2D eigenvalue weighted by molar-refractivity contribution is 0.0373. The van der Waals surface area contributed by atoms with Crippen molar-refractivity contribution in [2.75, 3.05) is 56.9 Å². The van der Waals surface area contributed by atoms with E-state index in [1.807, 2.05) is 6.92 Å². The number of amides is 5. The number of hydrogen-bond acceptors (Lipinski definition) is 7. The van der Waals surface area contributed by atoms with Crippen LogP contribution in [0, 0.1) is 5.92 Å². The van der Waals surface area contributed by atoms with Gasteiger partial charge in [-0.25, -0.2) is 9.59 Å². The van der Waals surface area contributed by atoms with E-state index < -0.39 is 18.2 Å². The predicted molar refractivity (Wildman–Crippen MR) is 168 cm³/mol. The first-order valence-corrected chi connectivity index (χ1v) is 14.2. The summed E-state index contributed by atoms with van der Waals surface area (Å²) in [6.07, 6.45) is -0.575. The molecule has 1 heterocycles. The van der Waals surface area contributed by atoms with Crippen LogP contribution in [0.4, 0.5) is 26.7 Å². The van der Waals surface area contributed by atoms with Gasteiger partial charge in [0.25, 0.3) is 5.91 Å². The van der Waals surface area contributed by atoms with Gasteiger partial charge in [0.1, 0.15) is 17.6 Å². The lowest BCUT2D eigenvalue weighted by Crippen LogP contribution is -2.50. The number of anilines is 3. The second kappa shape index (κ2) is 14.5. The Morgan fingerprint density at radius 2 is 1.57 bits per heavy atom. The molecule has 0 saturated carbocycles. The number of rotatable bonds is 9. The standard InChI is InChI=1S/C32H39N5O7/c1-20-17-37(21(2)19-38)30(39)26-7-6-8-27(35-31(40)33-22-9-13-24(42-4)14-10-22)29(26)44-28(20)18-36(3)32(41)34-23-11-15-25(43-5)16-12-23/h6-16,20-21,28,38H,17-19H2,1-5H3,(H,34,41)(H2,33,35,40)/t20-,21-,28-/m0/s1. The van der Waals surface area contributed by atoms with E-state index in [-0.39, 0.29) is 54.6 Å². The fourth-order valence-electron chi connectivity index (χ4n) is 4.76. The molecule has 12 nitrogen and oxygen atoms in total. The maximum absolute atomic E-state index is 13.7. The Hall–Kier alpha value is -4.97. The summed E-state index contributed by atoms with van der Waals surface area (Å²) in [6, 6.07) is 17.4. The molecule has 0 radical (unpaired) electrons. The maximum Gasteiger partial charge on any atom is 0.323 e. The third-order valence-corrected chi connectivity index (χ3v) is 7.43. The number of ether oxygens (including phenoxy) is 3. The van der Waals surface area contributed by atoms with Gasteiger partial charge in [0.15, 0.2) is 5.75 Å². The fraction of sp³-hybridized carbons (Fsp3) is 0.344. The summed E-state index contributed by atoms with van der Waals surface area (Å²) >= 11 is 0. The maximum atomic E-state index is 13.7. The molecule has 5 amide bonds. The summed E-state index contributed by atoms with van der Waals surface area (Å²) in [7, 11) is 4.78. The molecule has 0 aromatic heterocycles. The summed E-state index contributed by atoms with van der Waals surface area (Å²) in [4.78, 5) is 42.9. The third kappa shape index (κ3) is 7.70. The van der Waals surface area contributed by atoms with Gasteiger partial charge in [-0.2, -0.15) is 0 Å². The van der Waals surface area contributed by atoms with Crippen molar-refractivity contribution in [1.29, 1.82) is 0 Å². The highest BCUT2D eigenvalue weighted by atomic mass is 16.5. The quantitative estimate of drug-likeness (QED) is 0.276. The van der Waals surface area contributed by atoms with Crippen molar-refractivity contribution < 1.29 is 33.7 Å². The Labute approximate surface area is 256 Å². The van der Waals surface area contributed by atoms with Gasteiger partial charge in [-0.15, -0.1) is 0 Å². The van der Waals surface area contributed by atoms with E-state index >= 15 is 0 Å². The first-order chi connectivity index (χ1) is 21.1. The molecule has 4 N–H and O–H groups in total. The highest BCUT2D eigenvalue weighted by Crippen LogP contribution is 2.35. The molecule has 0 spiro atoms. The molecule has 0 fully saturated rings. The van der Waals surface area contributed by atoms with Gasteiger partial charge in [0.05, 0.1) is 44.7 Å². The number of para-hydroxylation sites is 1. The van der Waals surface area contributed by atoms with Gasteiger partial charge in [-0.05, 0) is 67.6 Å². The van der Waals surface area contributed by atoms with E-state index in [1.54, 1.807) is 99.8 Å². The number of urea groups is 2. The molecule has 234 valence electrons. The number of aliphatic hydroxyl groups is 1. The number of aliphatic hydroxyl groups excluding tert-OH is 1. The van der Waals surface area contributed by atoms with Gasteiger partial charge in [-0.1, -0.05) is 13.0 Å². The van der Waals surface area contributed by atoms with Gasteiger partial charge in [0, 0.05) is 30.9 Å². The largest absolute Gasteiger partial charge is 0.497 e. The Morgan fingerprint density at radius 1 is 0.977 bits per heavy atom. The molecule has 12 heteroatoms. The Morgan fingerprint density at radius 3 is 2.14 bits per heavy atom. The van der Waals surface area contributed by atoms with Crippen molar-refractivity contribution >= 4 is 35.0 Å². The first-order valence-electron chi connectivity index (χ1n) is 14.2. The van der Waals surface area contributed by atoms with Crippen molar-refractivity contribution in [3.05, 3.63) is 72.3 Å². The lowest BCUT2D eigenvalue weighted by atomic mass is 9.99. The van der Waals surface area contributed by atoms with E-state index in [4.69, 9.17) is 14.2 Å². The molecular weight excluding hydrogens is 566 g/mol. The highest BCUT2D eigenvalue weighted by Gasteiger charge is 2.35. The molecule has 0 saturated heterocycles. The number of fused-ring (bicyclic) bond motifs is 1. The van der Waals surface area contributed by atoms with Crippen molar-refractivity contribution in [3.63, 3.8) is 0 Å².